The van der Waals surface area contributed by atoms with Crippen molar-refractivity contribution in [1.82, 2.24) is 0 Å². The molecule has 0 N–H and O–H groups in total. The van der Waals surface area contributed by atoms with E-state index in [0.29, 0.717) is 21.9 Å². The molecule has 0 atom stereocenters. The van der Waals surface area contributed by atoms with Crippen LogP contribution < -0.4 is 13.7 Å². The van der Waals surface area contributed by atoms with E-state index in [-0.39, 0.29) is 28.1 Å². The Morgan fingerprint density at radius 3 is 2.32 bits per heavy atom. The molecule has 4 rings (SSSR count). The number of aliphatic imine (C=N–C) groups is 1. The summed E-state index contributed by atoms with van der Waals surface area (Å²) in [6, 6.07) is 17.1. The van der Waals surface area contributed by atoms with Crippen LogP contribution in [0, 0.1) is 0 Å². The van der Waals surface area contributed by atoms with Gasteiger partial charge >= 0.3 is 16.0 Å². The van der Waals surface area contributed by atoms with Crippen LogP contribution in [0.5, 0.6) is 17.2 Å². The van der Waals surface area contributed by atoms with Crippen molar-refractivity contribution >= 4 is 39.6 Å². The summed E-state index contributed by atoms with van der Waals surface area (Å²) in [5.41, 5.74) is 0.929. The fourth-order valence-electron chi connectivity index (χ4n) is 3.12. The Hall–Kier alpha value is -3.82. The van der Waals surface area contributed by atoms with Gasteiger partial charge in [0.15, 0.2) is 17.3 Å². The molecule has 1 heterocycles. The van der Waals surface area contributed by atoms with Gasteiger partial charge in [0.1, 0.15) is 10.6 Å². The Morgan fingerprint density at radius 1 is 0.912 bits per heavy atom. The van der Waals surface area contributed by atoms with Crippen molar-refractivity contribution in [2.24, 2.45) is 4.99 Å². The molecule has 0 fully saturated rings. The summed E-state index contributed by atoms with van der Waals surface area (Å²) in [4.78, 5) is 16.4. The average Bonchev–Trinajstić information content (AvgIpc) is 3.20. The zero-order valence-electron chi connectivity index (χ0n) is 18.0. The van der Waals surface area contributed by atoms with Gasteiger partial charge in [0.2, 0.25) is 5.90 Å². The lowest BCUT2D eigenvalue weighted by Crippen LogP contribution is -2.10. The number of halogens is 1. The number of carbonyl (C=O) groups excluding carboxylic acids is 1. The van der Waals surface area contributed by atoms with Gasteiger partial charge in [-0.25, -0.2) is 0 Å². The number of rotatable bonds is 7. The number of hydrogen-bond donors (Lipinski definition) is 0. The van der Waals surface area contributed by atoms with Crippen molar-refractivity contribution in [2.75, 3.05) is 14.2 Å². The largest absolute Gasteiger partial charge is 0.496 e. The first-order valence-corrected chi connectivity index (χ1v) is 11.6. The summed E-state index contributed by atoms with van der Waals surface area (Å²) < 4.78 is 46.5. The summed E-state index contributed by atoms with van der Waals surface area (Å²) in [6.07, 6.45) is 1.45. The normalized spacial score (nSPS) is 14.5. The van der Waals surface area contributed by atoms with Crippen LogP contribution in [0.25, 0.3) is 6.08 Å². The van der Waals surface area contributed by atoms with Gasteiger partial charge in [-0.2, -0.15) is 13.4 Å². The number of benzene rings is 3. The molecule has 1 amide bonds. The average molecular weight is 500 g/mol. The van der Waals surface area contributed by atoms with Gasteiger partial charge in [-0.05, 0) is 54.1 Å². The maximum atomic E-state index is 12.5. The molecule has 174 valence electrons. The van der Waals surface area contributed by atoms with E-state index in [1.807, 2.05) is 0 Å². The second-order valence-electron chi connectivity index (χ2n) is 6.94. The van der Waals surface area contributed by atoms with Crippen LogP contribution in [0.15, 0.2) is 82.4 Å². The first kappa shape index (κ1) is 23.3. The van der Waals surface area contributed by atoms with E-state index in [1.54, 1.807) is 42.5 Å². The highest BCUT2D eigenvalue weighted by Crippen LogP contribution is 2.33. The number of amides is 1. The van der Waals surface area contributed by atoms with E-state index in [9.17, 15) is 13.2 Å². The molecule has 3 aromatic carbocycles. The fraction of sp³-hybridized carbons (Fsp3) is 0.0833. The van der Waals surface area contributed by atoms with Gasteiger partial charge in [-0.1, -0.05) is 35.9 Å². The van der Waals surface area contributed by atoms with Crippen LogP contribution in [-0.2, 0) is 19.6 Å². The third-order valence-electron chi connectivity index (χ3n) is 4.73. The predicted octanol–water partition coefficient (Wildman–Crippen LogP) is 4.47. The Labute approximate surface area is 201 Å². The minimum atomic E-state index is -4.05. The summed E-state index contributed by atoms with van der Waals surface area (Å²) in [5, 5.41) is 0.428. The number of methoxy groups -OCH3 is 2. The van der Waals surface area contributed by atoms with Crippen LogP contribution in [-0.4, -0.2) is 34.4 Å². The summed E-state index contributed by atoms with van der Waals surface area (Å²) in [7, 11) is -1.20. The fourth-order valence-corrected chi connectivity index (χ4v) is 4.25. The zero-order chi connectivity index (χ0) is 24.3. The zero-order valence-corrected chi connectivity index (χ0v) is 19.6. The van der Waals surface area contributed by atoms with Crippen molar-refractivity contribution in [2.45, 2.75) is 4.90 Å². The lowest BCUT2D eigenvalue weighted by atomic mass is 10.1. The van der Waals surface area contributed by atoms with E-state index in [0.717, 1.165) is 0 Å². The van der Waals surface area contributed by atoms with Crippen LogP contribution in [0.1, 0.15) is 11.1 Å². The maximum absolute atomic E-state index is 12.5. The molecular formula is C24H18ClNO7S. The van der Waals surface area contributed by atoms with Gasteiger partial charge in [0.05, 0.1) is 19.8 Å². The summed E-state index contributed by atoms with van der Waals surface area (Å²) >= 11 is 6.05. The number of nitrogens with zero attached hydrogens (tertiary/aromatic N) is 1. The van der Waals surface area contributed by atoms with E-state index in [4.69, 9.17) is 30.0 Å². The van der Waals surface area contributed by atoms with Gasteiger partial charge in [0, 0.05) is 5.02 Å². The molecule has 0 spiro atoms. The van der Waals surface area contributed by atoms with E-state index in [2.05, 4.69) is 4.99 Å². The van der Waals surface area contributed by atoms with Gasteiger partial charge in [0.25, 0.3) is 0 Å². The Bertz CT molecular complexity index is 1420. The quantitative estimate of drug-likeness (QED) is 0.349. The number of hydrogen-bond acceptors (Lipinski definition) is 7. The molecule has 10 heteroatoms. The molecule has 0 saturated heterocycles. The monoisotopic (exact) mass is 499 g/mol. The molecule has 8 nitrogen and oxygen atoms in total. The first-order valence-electron chi connectivity index (χ1n) is 9.85. The van der Waals surface area contributed by atoms with Gasteiger partial charge in [-0.3, -0.25) is 4.79 Å². The second-order valence-corrected chi connectivity index (χ2v) is 8.92. The lowest BCUT2D eigenvalue weighted by molar-refractivity contribution is -0.115. The highest BCUT2D eigenvalue weighted by molar-refractivity contribution is 7.87. The SMILES string of the molecule is COc1cc(/C=C2/OC(c3cc(Cl)ccc3OC)=NC2=O)ccc1OS(=O)(=O)c1ccccc1. The van der Waals surface area contributed by atoms with Crippen LogP contribution >= 0.6 is 11.6 Å². The van der Waals surface area contributed by atoms with Crippen molar-refractivity contribution in [3.05, 3.63) is 88.6 Å². The molecule has 0 bridgehead atoms. The topological polar surface area (TPSA) is 100 Å². The van der Waals surface area contributed by atoms with Crippen molar-refractivity contribution in [1.29, 1.82) is 0 Å². The van der Waals surface area contributed by atoms with Gasteiger partial charge in [-0.15, -0.1) is 0 Å². The minimum absolute atomic E-state index is 0.00669. The molecule has 1 aliphatic rings. The third kappa shape index (κ3) is 4.90. The van der Waals surface area contributed by atoms with E-state index < -0.39 is 16.0 Å². The molecule has 0 radical (unpaired) electrons. The third-order valence-corrected chi connectivity index (χ3v) is 6.21. The Kier molecular flexibility index (Phi) is 6.58. The van der Waals surface area contributed by atoms with Gasteiger partial charge < -0.3 is 18.4 Å². The lowest BCUT2D eigenvalue weighted by Gasteiger charge is -2.11. The van der Waals surface area contributed by atoms with Crippen molar-refractivity contribution < 1.29 is 31.6 Å². The van der Waals surface area contributed by atoms with E-state index >= 15 is 0 Å². The molecule has 3 aromatic rings. The first-order chi connectivity index (χ1) is 16.3. The number of ether oxygens (including phenoxy) is 3. The Morgan fingerprint density at radius 2 is 1.62 bits per heavy atom. The standard InChI is InChI=1S/C24H18ClNO7S/c1-30-19-11-9-16(25)14-18(19)24-26-23(27)22(32-24)13-15-8-10-20(21(12-15)31-2)33-34(28,29)17-6-4-3-5-7-17/h3-14H,1-2H3/b22-13+. The highest BCUT2D eigenvalue weighted by atomic mass is 35.5. The molecule has 0 aromatic heterocycles. The summed E-state index contributed by atoms with van der Waals surface area (Å²) in [5.74, 6) is 0.00818. The molecule has 34 heavy (non-hydrogen) atoms. The van der Waals surface area contributed by atoms with E-state index in [1.165, 1.54) is 44.6 Å². The van der Waals surface area contributed by atoms with Crippen LogP contribution in [0.4, 0.5) is 0 Å². The Balaban J connectivity index is 1.59. The molecule has 1 aliphatic heterocycles. The highest BCUT2D eigenvalue weighted by Gasteiger charge is 2.27. The molecule has 0 saturated carbocycles. The van der Waals surface area contributed by atoms with Crippen LogP contribution in [0.3, 0.4) is 0 Å². The number of carbonyl (C=O) groups is 1. The smallest absolute Gasteiger partial charge is 0.339 e. The van der Waals surface area contributed by atoms with Crippen molar-refractivity contribution in [3.63, 3.8) is 0 Å². The molecular weight excluding hydrogens is 482 g/mol. The second kappa shape index (κ2) is 9.58. The molecule has 0 unspecified atom stereocenters. The summed E-state index contributed by atoms with van der Waals surface area (Å²) in [6.45, 7) is 0. The minimum Gasteiger partial charge on any atom is -0.496 e. The van der Waals surface area contributed by atoms with Crippen LogP contribution in [0.2, 0.25) is 5.02 Å². The van der Waals surface area contributed by atoms with Crippen molar-refractivity contribution in [3.8, 4) is 17.2 Å². The maximum Gasteiger partial charge on any atom is 0.339 e. The molecule has 0 aliphatic carbocycles. The predicted molar refractivity (Wildman–Crippen MR) is 126 cm³/mol.